The normalized spacial score (nSPS) is 22.2. The first-order valence-electron chi connectivity index (χ1n) is 9.55. The van der Waals surface area contributed by atoms with Crippen LogP contribution in [0.1, 0.15) is 36.5 Å². The summed E-state index contributed by atoms with van der Waals surface area (Å²) in [6.07, 6.45) is 0.693. The van der Waals surface area contributed by atoms with E-state index in [9.17, 15) is 5.11 Å². The number of nitrogens with zero attached hydrogens (tertiary/aromatic N) is 1. The number of likely N-dealkylation sites (tertiary alicyclic amines) is 1. The molecule has 4 nitrogen and oxygen atoms in total. The van der Waals surface area contributed by atoms with Gasteiger partial charge in [0.25, 0.3) is 0 Å². The van der Waals surface area contributed by atoms with Crippen LogP contribution in [0.5, 0.6) is 11.5 Å². The number of benzene rings is 2. The van der Waals surface area contributed by atoms with E-state index < -0.39 is 6.10 Å². The summed E-state index contributed by atoms with van der Waals surface area (Å²) in [5.41, 5.74) is 2.33. The van der Waals surface area contributed by atoms with Gasteiger partial charge in [-0.3, -0.25) is 0 Å². The summed E-state index contributed by atoms with van der Waals surface area (Å²) in [7, 11) is 0. The van der Waals surface area contributed by atoms with Gasteiger partial charge in [0.2, 0.25) is 0 Å². The Morgan fingerprint density at radius 1 is 1.08 bits per heavy atom. The van der Waals surface area contributed by atoms with Gasteiger partial charge in [-0.05, 0) is 48.1 Å². The molecule has 0 bridgehead atoms. The Bertz CT molecular complexity index is 733. The van der Waals surface area contributed by atoms with Crippen LogP contribution < -0.4 is 9.47 Å². The standard InChI is InChI=1S/C22H27NO3/c1-16(14-23-10-9-19(15-23)17-5-3-2-4-6-17)22(24)18-7-8-20-21(13-18)26-12-11-25-20/h2-8,13,16,19,22,24H,9-12,14-15H2,1H3/t16-,19+,22-/m1/s1. The van der Waals surface area contributed by atoms with Crippen molar-refractivity contribution in [1.29, 1.82) is 0 Å². The minimum absolute atomic E-state index is 0.159. The maximum atomic E-state index is 10.8. The van der Waals surface area contributed by atoms with E-state index in [2.05, 4.69) is 42.2 Å². The van der Waals surface area contributed by atoms with Crippen molar-refractivity contribution in [1.82, 2.24) is 4.90 Å². The molecule has 2 aliphatic heterocycles. The first-order valence-corrected chi connectivity index (χ1v) is 9.55. The van der Waals surface area contributed by atoms with Crippen molar-refractivity contribution in [2.75, 3.05) is 32.8 Å². The van der Waals surface area contributed by atoms with E-state index in [1.807, 2.05) is 18.2 Å². The lowest BCUT2D eigenvalue weighted by molar-refractivity contribution is 0.0933. The summed E-state index contributed by atoms with van der Waals surface area (Å²) in [6, 6.07) is 16.5. The van der Waals surface area contributed by atoms with Crippen LogP contribution in [-0.4, -0.2) is 42.9 Å². The second-order valence-corrected chi connectivity index (χ2v) is 7.48. The van der Waals surface area contributed by atoms with Crippen molar-refractivity contribution in [3.05, 3.63) is 59.7 Å². The third kappa shape index (κ3) is 3.71. The maximum Gasteiger partial charge on any atom is 0.161 e. The molecule has 0 spiro atoms. The molecule has 4 rings (SSSR count). The molecule has 2 aromatic rings. The number of aliphatic hydroxyl groups is 1. The van der Waals surface area contributed by atoms with Crippen molar-refractivity contribution in [2.24, 2.45) is 5.92 Å². The number of aliphatic hydroxyl groups excluding tert-OH is 1. The maximum absolute atomic E-state index is 10.8. The lowest BCUT2D eigenvalue weighted by Crippen LogP contribution is -2.29. The molecule has 0 aromatic heterocycles. The smallest absolute Gasteiger partial charge is 0.161 e. The van der Waals surface area contributed by atoms with Gasteiger partial charge in [0.05, 0.1) is 6.10 Å². The summed E-state index contributed by atoms with van der Waals surface area (Å²) in [5, 5.41) is 10.8. The molecule has 1 fully saturated rings. The fourth-order valence-corrected chi connectivity index (χ4v) is 4.08. The van der Waals surface area contributed by atoms with Gasteiger partial charge in [-0.25, -0.2) is 0 Å². The first-order chi connectivity index (χ1) is 12.7. The second kappa shape index (κ2) is 7.68. The monoisotopic (exact) mass is 353 g/mol. The molecule has 2 aliphatic rings. The van der Waals surface area contributed by atoms with Gasteiger partial charge < -0.3 is 19.5 Å². The summed E-state index contributed by atoms with van der Waals surface area (Å²) in [4.78, 5) is 2.48. The second-order valence-electron chi connectivity index (χ2n) is 7.48. The zero-order valence-corrected chi connectivity index (χ0v) is 15.3. The molecular formula is C22H27NO3. The van der Waals surface area contributed by atoms with Gasteiger partial charge in [-0.2, -0.15) is 0 Å². The third-order valence-corrected chi connectivity index (χ3v) is 5.54. The zero-order chi connectivity index (χ0) is 17.9. The molecule has 0 unspecified atom stereocenters. The third-order valence-electron chi connectivity index (χ3n) is 5.54. The van der Waals surface area contributed by atoms with E-state index in [1.165, 1.54) is 12.0 Å². The summed E-state index contributed by atoms with van der Waals surface area (Å²) in [5.74, 6) is 2.28. The molecule has 0 amide bonds. The lowest BCUT2D eigenvalue weighted by Gasteiger charge is -2.26. The van der Waals surface area contributed by atoms with Gasteiger partial charge >= 0.3 is 0 Å². The molecule has 1 N–H and O–H groups in total. The van der Waals surface area contributed by atoms with Crippen LogP contribution in [0.25, 0.3) is 0 Å². The minimum atomic E-state index is -0.499. The van der Waals surface area contributed by atoms with E-state index in [0.29, 0.717) is 19.1 Å². The van der Waals surface area contributed by atoms with E-state index in [-0.39, 0.29) is 5.92 Å². The van der Waals surface area contributed by atoms with Gasteiger partial charge in [-0.15, -0.1) is 0 Å². The number of hydrogen-bond acceptors (Lipinski definition) is 4. The van der Waals surface area contributed by atoms with E-state index in [0.717, 1.165) is 36.7 Å². The molecule has 26 heavy (non-hydrogen) atoms. The van der Waals surface area contributed by atoms with Crippen molar-refractivity contribution in [3.8, 4) is 11.5 Å². The van der Waals surface area contributed by atoms with Gasteiger partial charge in [-0.1, -0.05) is 43.3 Å². The largest absolute Gasteiger partial charge is 0.486 e. The number of fused-ring (bicyclic) bond motifs is 1. The fraction of sp³-hybridized carbons (Fsp3) is 0.455. The van der Waals surface area contributed by atoms with Crippen molar-refractivity contribution in [3.63, 3.8) is 0 Å². The van der Waals surface area contributed by atoms with Crippen LogP contribution in [0.3, 0.4) is 0 Å². The molecule has 0 aliphatic carbocycles. The molecule has 138 valence electrons. The highest BCUT2D eigenvalue weighted by molar-refractivity contribution is 5.44. The van der Waals surface area contributed by atoms with Crippen LogP contribution in [0.4, 0.5) is 0 Å². The summed E-state index contributed by atoms with van der Waals surface area (Å²) in [6.45, 7) is 6.34. The summed E-state index contributed by atoms with van der Waals surface area (Å²) >= 11 is 0. The highest BCUT2D eigenvalue weighted by Gasteiger charge is 2.27. The molecule has 4 heteroatoms. The number of hydrogen-bond donors (Lipinski definition) is 1. The Kier molecular flexibility index (Phi) is 5.14. The van der Waals surface area contributed by atoms with Crippen LogP contribution in [0.2, 0.25) is 0 Å². The average Bonchev–Trinajstić information content (AvgIpc) is 3.16. The Hall–Kier alpha value is -2.04. The van der Waals surface area contributed by atoms with Gasteiger partial charge in [0.1, 0.15) is 13.2 Å². The van der Waals surface area contributed by atoms with Gasteiger partial charge in [0, 0.05) is 13.1 Å². The van der Waals surface area contributed by atoms with Crippen LogP contribution in [0, 0.1) is 5.92 Å². The molecule has 0 radical (unpaired) electrons. The number of rotatable bonds is 5. The first kappa shape index (κ1) is 17.4. The van der Waals surface area contributed by atoms with E-state index in [1.54, 1.807) is 0 Å². The topological polar surface area (TPSA) is 41.9 Å². The minimum Gasteiger partial charge on any atom is -0.486 e. The van der Waals surface area contributed by atoms with Crippen molar-refractivity contribution < 1.29 is 14.6 Å². The van der Waals surface area contributed by atoms with Crippen molar-refractivity contribution >= 4 is 0 Å². The highest BCUT2D eigenvalue weighted by Crippen LogP contribution is 2.35. The molecule has 2 heterocycles. The number of ether oxygens (including phenoxy) is 2. The SMILES string of the molecule is C[C@H](CN1CC[C@H](c2ccccc2)C1)[C@@H](O)c1ccc2c(c1)OCCO2. The zero-order valence-electron chi connectivity index (χ0n) is 15.3. The lowest BCUT2D eigenvalue weighted by atomic mass is 9.96. The Labute approximate surface area is 155 Å². The highest BCUT2D eigenvalue weighted by atomic mass is 16.6. The van der Waals surface area contributed by atoms with E-state index in [4.69, 9.17) is 9.47 Å². The summed E-state index contributed by atoms with van der Waals surface area (Å²) < 4.78 is 11.2. The molecular weight excluding hydrogens is 326 g/mol. The Balaban J connectivity index is 1.37. The Morgan fingerprint density at radius 2 is 1.85 bits per heavy atom. The quantitative estimate of drug-likeness (QED) is 0.891. The molecule has 3 atom stereocenters. The fourth-order valence-electron chi connectivity index (χ4n) is 4.08. The van der Waals surface area contributed by atoms with Gasteiger partial charge in [0.15, 0.2) is 11.5 Å². The van der Waals surface area contributed by atoms with Crippen LogP contribution >= 0.6 is 0 Å². The Morgan fingerprint density at radius 3 is 2.65 bits per heavy atom. The van der Waals surface area contributed by atoms with Crippen LogP contribution in [-0.2, 0) is 0 Å². The van der Waals surface area contributed by atoms with Crippen molar-refractivity contribution in [2.45, 2.75) is 25.4 Å². The predicted octanol–water partition coefficient (Wildman–Crippen LogP) is 3.62. The average molecular weight is 353 g/mol. The predicted molar refractivity (Wildman–Crippen MR) is 102 cm³/mol. The van der Waals surface area contributed by atoms with Crippen LogP contribution in [0.15, 0.2) is 48.5 Å². The molecule has 2 aromatic carbocycles. The molecule has 0 saturated carbocycles. The molecule has 1 saturated heterocycles. The van der Waals surface area contributed by atoms with E-state index >= 15 is 0 Å².